The van der Waals surface area contributed by atoms with Crippen molar-refractivity contribution < 1.29 is 18.0 Å². The number of alkyl halides is 3. The maximum Gasteiger partial charge on any atom is 0.405 e. The number of aromatic nitrogens is 3. The zero-order chi connectivity index (χ0) is 20.1. The van der Waals surface area contributed by atoms with Crippen LogP contribution in [-0.2, 0) is 6.42 Å². The summed E-state index contributed by atoms with van der Waals surface area (Å²) in [6.45, 7) is 2.93. The van der Waals surface area contributed by atoms with Gasteiger partial charge in [0.15, 0.2) is 5.82 Å². The van der Waals surface area contributed by atoms with Crippen molar-refractivity contribution in [1.82, 2.24) is 30.3 Å². The number of pyridine rings is 1. The number of halogens is 3. The Bertz CT molecular complexity index is 786. The molecule has 1 aliphatic rings. The minimum atomic E-state index is -4.42. The van der Waals surface area contributed by atoms with Gasteiger partial charge in [0.1, 0.15) is 6.04 Å². The summed E-state index contributed by atoms with van der Waals surface area (Å²) in [4.78, 5) is 18.2. The van der Waals surface area contributed by atoms with E-state index in [1.807, 2.05) is 6.92 Å². The Kier molecular flexibility index (Phi) is 6.30. The van der Waals surface area contributed by atoms with Crippen LogP contribution in [0.2, 0.25) is 0 Å². The maximum atomic E-state index is 13.5. The summed E-state index contributed by atoms with van der Waals surface area (Å²) in [6, 6.07) is 3.59. The molecule has 2 aromatic rings. The van der Waals surface area contributed by atoms with Gasteiger partial charge in [-0.25, -0.2) is 9.67 Å². The highest BCUT2D eigenvalue weighted by Crippen LogP contribution is 2.25. The minimum absolute atomic E-state index is 0.259. The number of nitrogens with one attached hydrogen (secondary N) is 2. The van der Waals surface area contributed by atoms with Crippen LogP contribution in [-0.4, -0.2) is 70.5 Å². The fraction of sp³-hybridized carbons (Fsp3) is 0.500. The lowest BCUT2D eigenvalue weighted by atomic mass is 10.1. The average Bonchev–Trinajstić information content (AvgIpc) is 3.12. The molecule has 0 spiro atoms. The van der Waals surface area contributed by atoms with Crippen molar-refractivity contribution in [3.63, 3.8) is 0 Å². The van der Waals surface area contributed by atoms with Gasteiger partial charge in [-0.05, 0) is 18.6 Å². The SMILES string of the molecule is CCc1c(C(=O)NCC(N2CCNCC2)C(F)(F)F)cnn1-c1ccccn1. The van der Waals surface area contributed by atoms with Crippen LogP contribution in [0.4, 0.5) is 13.2 Å². The van der Waals surface area contributed by atoms with E-state index in [9.17, 15) is 18.0 Å². The van der Waals surface area contributed by atoms with Crippen LogP contribution in [0.25, 0.3) is 5.82 Å². The van der Waals surface area contributed by atoms with E-state index in [2.05, 4.69) is 20.7 Å². The van der Waals surface area contributed by atoms with Crippen LogP contribution in [0.15, 0.2) is 30.6 Å². The van der Waals surface area contributed by atoms with Crippen molar-refractivity contribution in [2.45, 2.75) is 25.6 Å². The molecule has 0 bridgehead atoms. The van der Waals surface area contributed by atoms with Crippen molar-refractivity contribution >= 4 is 5.91 Å². The Labute approximate surface area is 160 Å². The van der Waals surface area contributed by atoms with E-state index in [1.54, 1.807) is 24.4 Å². The Balaban J connectivity index is 1.74. The molecule has 1 fully saturated rings. The third-order valence-corrected chi connectivity index (χ3v) is 4.74. The van der Waals surface area contributed by atoms with Crippen LogP contribution in [0.3, 0.4) is 0 Å². The molecular formula is C18H23F3N6O. The largest absolute Gasteiger partial charge is 0.405 e. The molecule has 1 unspecified atom stereocenters. The highest BCUT2D eigenvalue weighted by atomic mass is 19.4. The standard InChI is InChI=1S/C18H23F3N6O/c1-2-14-13(11-25-27(14)16-5-3-4-6-23-16)17(28)24-12-15(18(19,20)21)26-9-7-22-8-10-26/h3-6,11,15,22H,2,7-10,12H2,1H3,(H,24,28). The van der Waals surface area contributed by atoms with Gasteiger partial charge in [0.05, 0.1) is 17.5 Å². The lowest BCUT2D eigenvalue weighted by Gasteiger charge is -2.35. The van der Waals surface area contributed by atoms with E-state index >= 15 is 0 Å². The van der Waals surface area contributed by atoms with E-state index < -0.39 is 24.7 Å². The van der Waals surface area contributed by atoms with Crippen LogP contribution in [0, 0.1) is 0 Å². The molecule has 1 saturated heterocycles. The van der Waals surface area contributed by atoms with Gasteiger partial charge in [-0.1, -0.05) is 13.0 Å². The number of carbonyl (C=O) groups is 1. The second-order valence-electron chi connectivity index (χ2n) is 6.51. The second kappa shape index (κ2) is 8.70. The van der Waals surface area contributed by atoms with Gasteiger partial charge in [-0.2, -0.15) is 18.3 Å². The molecule has 1 atom stereocenters. The first-order chi connectivity index (χ1) is 13.4. The average molecular weight is 396 g/mol. The van der Waals surface area contributed by atoms with E-state index in [4.69, 9.17) is 0 Å². The van der Waals surface area contributed by atoms with Crippen molar-refractivity contribution in [2.24, 2.45) is 0 Å². The molecule has 10 heteroatoms. The van der Waals surface area contributed by atoms with Gasteiger partial charge in [0, 0.05) is 38.9 Å². The molecule has 1 amide bonds. The highest BCUT2D eigenvalue weighted by Gasteiger charge is 2.43. The molecule has 0 radical (unpaired) electrons. The lowest BCUT2D eigenvalue weighted by molar-refractivity contribution is -0.183. The zero-order valence-corrected chi connectivity index (χ0v) is 15.5. The van der Waals surface area contributed by atoms with Crippen molar-refractivity contribution in [3.8, 4) is 5.82 Å². The molecule has 2 aromatic heterocycles. The van der Waals surface area contributed by atoms with Crippen molar-refractivity contribution in [3.05, 3.63) is 41.9 Å². The predicted octanol–water partition coefficient (Wildman–Crippen LogP) is 1.40. The maximum absolute atomic E-state index is 13.5. The quantitative estimate of drug-likeness (QED) is 0.772. The molecule has 0 aliphatic carbocycles. The van der Waals surface area contributed by atoms with Crippen LogP contribution in [0.5, 0.6) is 0 Å². The fourth-order valence-electron chi connectivity index (χ4n) is 3.31. The van der Waals surface area contributed by atoms with Gasteiger partial charge in [0.25, 0.3) is 5.91 Å². The van der Waals surface area contributed by atoms with Crippen LogP contribution in [0.1, 0.15) is 23.0 Å². The first-order valence-corrected chi connectivity index (χ1v) is 9.19. The second-order valence-corrected chi connectivity index (χ2v) is 6.51. The molecule has 3 rings (SSSR count). The molecule has 7 nitrogen and oxygen atoms in total. The summed E-state index contributed by atoms with van der Waals surface area (Å²) in [5.74, 6) is -0.0178. The molecule has 152 valence electrons. The molecule has 2 N–H and O–H groups in total. The third-order valence-electron chi connectivity index (χ3n) is 4.74. The molecule has 1 aliphatic heterocycles. The number of amides is 1. The van der Waals surface area contributed by atoms with E-state index in [1.165, 1.54) is 15.8 Å². The number of carbonyl (C=O) groups excluding carboxylic acids is 1. The zero-order valence-electron chi connectivity index (χ0n) is 15.5. The first-order valence-electron chi connectivity index (χ1n) is 9.19. The number of nitrogens with zero attached hydrogens (tertiary/aromatic N) is 4. The van der Waals surface area contributed by atoms with E-state index in [-0.39, 0.29) is 18.7 Å². The van der Waals surface area contributed by atoms with Gasteiger partial charge in [-0.3, -0.25) is 9.69 Å². The summed E-state index contributed by atoms with van der Waals surface area (Å²) < 4.78 is 42.0. The normalized spacial score (nSPS) is 16.7. The topological polar surface area (TPSA) is 75.1 Å². The van der Waals surface area contributed by atoms with Crippen molar-refractivity contribution in [2.75, 3.05) is 32.7 Å². The van der Waals surface area contributed by atoms with Gasteiger partial charge in [0.2, 0.25) is 0 Å². The molecule has 0 aromatic carbocycles. The van der Waals surface area contributed by atoms with Gasteiger partial charge in [-0.15, -0.1) is 0 Å². The van der Waals surface area contributed by atoms with Crippen LogP contribution < -0.4 is 10.6 Å². The summed E-state index contributed by atoms with van der Waals surface area (Å²) in [5, 5.41) is 9.68. The fourth-order valence-corrected chi connectivity index (χ4v) is 3.31. The third kappa shape index (κ3) is 4.50. The van der Waals surface area contributed by atoms with E-state index in [0.717, 1.165) is 0 Å². The number of hydrogen-bond acceptors (Lipinski definition) is 5. The number of rotatable bonds is 6. The summed E-state index contributed by atoms with van der Waals surface area (Å²) in [5.41, 5.74) is 0.858. The molecule has 28 heavy (non-hydrogen) atoms. The van der Waals surface area contributed by atoms with Gasteiger partial charge < -0.3 is 10.6 Å². The van der Waals surface area contributed by atoms with E-state index in [0.29, 0.717) is 31.0 Å². The highest BCUT2D eigenvalue weighted by molar-refractivity contribution is 5.95. The minimum Gasteiger partial charge on any atom is -0.350 e. The summed E-state index contributed by atoms with van der Waals surface area (Å²) in [6.07, 6.45) is -0.954. The van der Waals surface area contributed by atoms with Crippen molar-refractivity contribution in [1.29, 1.82) is 0 Å². The summed E-state index contributed by atoms with van der Waals surface area (Å²) >= 11 is 0. The monoisotopic (exact) mass is 396 g/mol. The first kappa shape index (κ1) is 20.3. The Hall–Kier alpha value is -2.46. The van der Waals surface area contributed by atoms with Crippen LogP contribution >= 0.6 is 0 Å². The lowest BCUT2D eigenvalue weighted by Crippen LogP contribution is -2.57. The summed E-state index contributed by atoms with van der Waals surface area (Å²) in [7, 11) is 0. The molecular weight excluding hydrogens is 373 g/mol. The molecule has 3 heterocycles. The number of piperazine rings is 1. The molecule has 0 saturated carbocycles. The smallest absolute Gasteiger partial charge is 0.350 e. The number of hydrogen-bond donors (Lipinski definition) is 2. The van der Waals surface area contributed by atoms with Gasteiger partial charge >= 0.3 is 6.18 Å². The predicted molar refractivity (Wildman–Crippen MR) is 97.4 cm³/mol. The Morgan fingerprint density at radius 3 is 2.68 bits per heavy atom. The Morgan fingerprint density at radius 1 is 1.32 bits per heavy atom. The Morgan fingerprint density at radius 2 is 2.07 bits per heavy atom.